The summed E-state index contributed by atoms with van der Waals surface area (Å²) in [6, 6.07) is 3.45. The number of rotatable bonds is 5. The monoisotopic (exact) mass is 284 g/mol. The average Bonchev–Trinajstić information content (AvgIpc) is 2.52. The fraction of sp³-hybridized carbons (Fsp3) is 0.231. The molecule has 2 rings (SSSR count). The summed E-state index contributed by atoms with van der Waals surface area (Å²) in [5, 5.41) is 23.0. The van der Waals surface area contributed by atoms with Gasteiger partial charge >= 0.3 is 5.69 Å². The molecule has 0 aromatic carbocycles. The van der Waals surface area contributed by atoms with Crippen LogP contribution in [0.5, 0.6) is 0 Å². The standard InChI is InChI=1S/C13H12N6O2/c1-2-3-16-13-17-8-11(19(20)21)12(18-13)10-4-9(5-14)6-15-7-10/h4,6-8H,2-3H2,1H3,(H,16,17,18). The molecule has 106 valence electrons. The summed E-state index contributed by atoms with van der Waals surface area (Å²) in [5.41, 5.74) is 0.623. The number of hydrogen-bond donors (Lipinski definition) is 1. The summed E-state index contributed by atoms with van der Waals surface area (Å²) >= 11 is 0. The highest BCUT2D eigenvalue weighted by atomic mass is 16.6. The van der Waals surface area contributed by atoms with Gasteiger partial charge in [0.25, 0.3) is 0 Å². The smallest absolute Gasteiger partial charge is 0.313 e. The van der Waals surface area contributed by atoms with Crippen LogP contribution in [0.1, 0.15) is 18.9 Å². The average molecular weight is 284 g/mol. The molecule has 0 aliphatic carbocycles. The van der Waals surface area contributed by atoms with Crippen LogP contribution in [0.15, 0.2) is 24.7 Å². The van der Waals surface area contributed by atoms with Crippen molar-refractivity contribution < 1.29 is 4.92 Å². The van der Waals surface area contributed by atoms with Gasteiger partial charge in [-0.2, -0.15) is 5.26 Å². The Bertz CT molecular complexity index is 710. The lowest BCUT2D eigenvalue weighted by Crippen LogP contribution is -2.06. The van der Waals surface area contributed by atoms with Gasteiger partial charge < -0.3 is 5.32 Å². The Balaban J connectivity index is 2.52. The molecule has 0 atom stereocenters. The number of anilines is 1. The normalized spacial score (nSPS) is 9.90. The molecule has 0 fully saturated rings. The predicted molar refractivity (Wildman–Crippen MR) is 75.4 cm³/mol. The van der Waals surface area contributed by atoms with Crippen LogP contribution >= 0.6 is 0 Å². The zero-order valence-corrected chi connectivity index (χ0v) is 11.3. The van der Waals surface area contributed by atoms with Gasteiger partial charge in [0.15, 0.2) is 5.69 Å². The molecule has 0 saturated carbocycles. The third-order valence-corrected chi connectivity index (χ3v) is 2.64. The molecule has 2 heterocycles. The zero-order valence-electron chi connectivity index (χ0n) is 11.3. The molecule has 0 saturated heterocycles. The number of nitro groups is 1. The first-order chi connectivity index (χ1) is 10.2. The predicted octanol–water partition coefficient (Wildman–Crippen LogP) is 2.14. The second-order valence-corrected chi connectivity index (χ2v) is 4.19. The van der Waals surface area contributed by atoms with Gasteiger partial charge in [0.05, 0.1) is 10.5 Å². The quantitative estimate of drug-likeness (QED) is 0.660. The Morgan fingerprint density at radius 3 is 2.90 bits per heavy atom. The van der Waals surface area contributed by atoms with Crippen LogP contribution in [-0.2, 0) is 0 Å². The molecular formula is C13H12N6O2. The van der Waals surface area contributed by atoms with Gasteiger partial charge in [0.1, 0.15) is 12.3 Å². The van der Waals surface area contributed by atoms with E-state index in [0.717, 1.165) is 12.6 Å². The third kappa shape index (κ3) is 3.27. The lowest BCUT2D eigenvalue weighted by Gasteiger charge is -2.06. The summed E-state index contributed by atoms with van der Waals surface area (Å²) in [4.78, 5) is 22.5. The molecule has 2 aromatic rings. The van der Waals surface area contributed by atoms with Crippen molar-refractivity contribution in [1.29, 1.82) is 5.26 Å². The maximum Gasteiger partial charge on any atom is 0.313 e. The second kappa shape index (κ2) is 6.38. The highest BCUT2D eigenvalue weighted by Crippen LogP contribution is 2.27. The minimum absolute atomic E-state index is 0.137. The van der Waals surface area contributed by atoms with Crippen LogP contribution in [0.4, 0.5) is 11.6 Å². The minimum Gasteiger partial charge on any atom is -0.354 e. The molecule has 0 bridgehead atoms. The van der Waals surface area contributed by atoms with Crippen LogP contribution in [0, 0.1) is 21.4 Å². The van der Waals surface area contributed by atoms with Crippen molar-refractivity contribution in [2.45, 2.75) is 13.3 Å². The van der Waals surface area contributed by atoms with E-state index < -0.39 is 4.92 Å². The van der Waals surface area contributed by atoms with Crippen molar-refractivity contribution in [2.24, 2.45) is 0 Å². The van der Waals surface area contributed by atoms with Gasteiger partial charge in [-0.25, -0.2) is 9.97 Å². The first-order valence-electron chi connectivity index (χ1n) is 6.26. The van der Waals surface area contributed by atoms with Gasteiger partial charge in [-0.1, -0.05) is 6.92 Å². The van der Waals surface area contributed by atoms with Crippen molar-refractivity contribution in [1.82, 2.24) is 15.0 Å². The molecule has 8 heteroatoms. The topological polar surface area (TPSA) is 118 Å². The highest BCUT2D eigenvalue weighted by molar-refractivity contribution is 5.70. The third-order valence-electron chi connectivity index (χ3n) is 2.64. The van der Waals surface area contributed by atoms with E-state index in [2.05, 4.69) is 20.3 Å². The summed E-state index contributed by atoms with van der Waals surface area (Å²) in [5.74, 6) is 0.305. The fourth-order valence-corrected chi connectivity index (χ4v) is 1.67. The summed E-state index contributed by atoms with van der Waals surface area (Å²) in [6.07, 6.45) is 4.84. The Morgan fingerprint density at radius 1 is 1.43 bits per heavy atom. The molecule has 0 aliphatic heterocycles. The largest absolute Gasteiger partial charge is 0.354 e. The van der Waals surface area contributed by atoms with Crippen molar-refractivity contribution in [3.63, 3.8) is 0 Å². The SMILES string of the molecule is CCCNc1ncc([N+](=O)[O-])c(-c2cncc(C#N)c2)n1. The highest BCUT2D eigenvalue weighted by Gasteiger charge is 2.19. The molecule has 0 unspecified atom stereocenters. The zero-order chi connectivity index (χ0) is 15.2. The van der Waals surface area contributed by atoms with E-state index in [4.69, 9.17) is 5.26 Å². The van der Waals surface area contributed by atoms with Crippen molar-refractivity contribution >= 4 is 11.6 Å². The van der Waals surface area contributed by atoms with Crippen LogP contribution in [0.2, 0.25) is 0 Å². The number of nitriles is 1. The van der Waals surface area contributed by atoms with Crippen LogP contribution < -0.4 is 5.32 Å². The van der Waals surface area contributed by atoms with Crippen LogP contribution in [-0.4, -0.2) is 26.4 Å². The maximum absolute atomic E-state index is 11.1. The van der Waals surface area contributed by atoms with Crippen molar-refractivity contribution in [3.05, 3.63) is 40.3 Å². The van der Waals surface area contributed by atoms with Gasteiger partial charge in [-0.15, -0.1) is 0 Å². The number of hydrogen-bond acceptors (Lipinski definition) is 7. The second-order valence-electron chi connectivity index (χ2n) is 4.19. The van der Waals surface area contributed by atoms with E-state index in [1.807, 2.05) is 13.0 Å². The molecule has 0 radical (unpaired) electrons. The van der Waals surface area contributed by atoms with Crippen molar-refractivity contribution in [2.75, 3.05) is 11.9 Å². The summed E-state index contributed by atoms with van der Waals surface area (Å²) < 4.78 is 0. The van der Waals surface area contributed by atoms with E-state index >= 15 is 0 Å². The van der Waals surface area contributed by atoms with Crippen LogP contribution in [0.3, 0.4) is 0 Å². The molecule has 0 spiro atoms. The van der Waals surface area contributed by atoms with E-state index in [1.54, 1.807) is 0 Å². The number of aromatic nitrogens is 3. The van der Waals surface area contributed by atoms with Crippen LogP contribution in [0.25, 0.3) is 11.3 Å². The molecule has 0 amide bonds. The van der Waals surface area contributed by atoms with E-state index in [1.165, 1.54) is 18.5 Å². The number of pyridine rings is 1. The van der Waals surface area contributed by atoms with Gasteiger partial charge in [-0.05, 0) is 12.5 Å². The number of nitrogens with zero attached hydrogens (tertiary/aromatic N) is 5. The first kappa shape index (κ1) is 14.3. The summed E-state index contributed by atoms with van der Waals surface area (Å²) in [7, 11) is 0. The van der Waals surface area contributed by atoms with Gasteiger partial charge in [-0.3, -0.25) is 15.1 Å². The van der Waals surface area contributed by atoms with Gasteiger partial charge in [0.2, 0.25) is 5.95 Å². The number of nitrogens with one attached hydrogen (secondary N) is 1. The Labute approximate surface area is 120 Å². The Hall–Kier alpha value is -3.08. The molecule has 21 heavy (non-hydrogen) atoms. The Kier molecular flexibility index (Phi) is 4.36. The fourth-order valence-electron chi connectivity index (χ4n) is 1.67. The van der Waals surface area contributed by atoms with E-state index in [9.17, 15) is 10.1 Å². The molecular weight excluding hydrogens is 272 g/mol. The maximum atomic E-state index is 11.1. The van der Waals surface area contributed by atoms with Gasteiger partial charge in [0, 0.05) is 24.5 Å². The van der Waals surface area contributed by atoms with Crippen molar-refractivity contribution in [3.8, 4) is 17.3 Å². The van der Waals surface area contributed by atoms with E-state index in [-0.39, 0.29) is 11.4 Å². The molecule has 1 N–H and O–H groups in total. The minimum atomic E-state index is -0.558. The molecule has 0 aliphatic rings. The Morgan fingerprint density at radius 2 is 2.24 bits per heavy atom. The first-order valence-corrected chi connectivity index (χ1v) is 6.26. The lowest BCUT2D eigenvalue weighted by atomic mass is 10.1. The molecule has 2 aromatic heterocycles. The lowest BCUT2D eigenvalue weighted by molar-refractivity contribution is -0.384. The summed E-state index contributed by atoms with van der Waals surface area (Å²) in [6.45, 7) is 2.65. The molecule has 8 nitrogen and oxygen atoms in total. The van der Waals surface area contributed by atoms with E-state index in [0.29, 0.717) is 23.6 Å².